The van der Waals surface area contributed by atoms with Gasteiger partial charge in [0.1, 0.15) is 51.7 Å². The predicted molar refractivity (Wildman–Crippen MR) is 177 cm³/mol. The third-order valence-corrected chi connectivity index (χ3v) is 10.4. The van der Waals surface area contributed by atoms with Crippen molar-refractivity contribution in [1.82, 2.24) is 0 Å². The number of azo groups is 2. The second-order valence-corrected chi connectivity index (χ2v) is 15.3. The minimum absolute atomic E-state index is 0. The molecule has 0 spiro atoms. The fourth-order valence-electron chi connectivity index (χ4n) is 4.25. The standard InChI is InChI=1S/2C14H9ClN2O5S2.2Na/c2*15-14-10(6-12(18)23-14)17-16-9-5-4-7-8(13(9)19)2-1-3-11(7)24(20,21)22;;/h2*1-6,18-19H,(H,20,21,22);;/q;;2*+1/p-2. The van der Waals surface area contributed by atoms with Crippen molar-refractivity contribution < 1.29 is 105 Å². The maximum Gasteiger partial charge on any atom is 1.00 e. The zero-order chi connectivity index (χ0) is 35.0. The first-order valence-corrected chi connectivity index (χ1v) is 18.0. The van der Waals surface area contributed by atoms with Crippen LogP contribution < -0.4 is 59.1 Å². The van der Waals surface area contributed by atoms with Crippen molar-refractivity contribution in [2.45, 2.75) is 9.79 Å². The fourth-order valence-corrected chi connectivity index (χ4v) is 7.41. The van der Waals surface area contributed by atoms with Crippen LogP contribution in [0.5, 0.6) is 21.6 Å². The molecule has 0 aliphatic carbocycles. The van der Waals surface area contributed by atoms with E-state index in [1.54, 1.807) is 0 Å². The molecule has 0 bridgehead atoms. The van der Waals surface area contributed by atoms with E-state index >= 15 is 0 Å². The smallest absolute Gasteiger partial charge is 0.744 e. The van der Waals surface area contributed by atoms with E-state index in [9.17, 15) is 46.4 Å². The average Bonchev–Trinajstić information content (AvgIpc) is 3.52. The SMILES string of the molecule is O=S(=O)([O-])c1cccc2c(O)c(N=Nc3cc(O)sc3Cl)ccc12.O=S(=O)([O-])c1cccc2c(O)c(N=Nc3cc(O)sc3Cl)ccc12.[Na+].[Na+]. The molecule has 2 heterocycles. The van der Waals surface area contributed by atoms with Gasteiger partial charge >= 0.3 is 59.1 Å². The van der Waals surface area contributed by atoms with E-state index in [2.05, 4.69) is 20.5 Å². The van der Waals surface area contributed by atoms with Gasteiger partial charge in [0, 0.05) is 33.7 Å². The second kappa shape index (κ2) is 17.0. The van der Waals surface area contributed by atoms with Crippen LogP contribution in [0.25, 0.3) is 21.5 Å². The fraction of sp³-hybridized carbons (Fsp3) is 0. The Morgan fingerprint density at radius 1 is 0.520 bits per heavy atom. The van der Waals surface area contributed by atoms with Crippen molar-refractivity contribution in [2.75, 3.05) is 0 Å². The zero-order valence-electron chi connectivity index (χ0n) is 25.3. The molecule has 0 aliphatic heterocycles. The number of benzene rings is 4. The molecule has 0 saturated heterocycles. The van der Waals surface area contributed by atoms with Crippen molar-refractivity contribution in [1.29, 1.82) is 0 Å². The molecule has 0 saturated carbocycles. The van der Waals surface area contributed by atoms with Crippen LogP contribution in [-0.2, 0) is 20.2 Å². The van der Waals surface area contributed by atoms with Gasteiger partial charge in [-0.1, -0.05) is 82.3 Å². The zero-order valence-corrected chi connectivity index (χ0v) is 34.1. The Balaban J connectivity index is 0.000000260. The molecule has 22 heteroatoms. The normalized spacial score (nSPS) is 11.8. The van der Waals surface area contributed by atoms with Crippen LogP contribution in [0.15, 0.2) is 103 Å². The number of halogens is 2. The second-order valence-electron chi connectivity index (χ2n) is 9.36. The van der Waals surface area contributed by atoms with Gasteiger partial charge in [0.05, 0.1) is 9.79 Å². The number of thiophene rings is 2. The molecule has 0 amide bonds. The van der Waals surface area contributed by atoms with E-state index in [4.69, 9.17) is 23.2 Å². The van der Waals surface area contributed by atoms with Crippen molar-refractivity contribution in [3.63, 3.8) is 0 Å². The van der Waals surface area contributed by atoms with Crippen molar-refractivity contribution in [3.05, 3.63) is 81.5 Å². The molecule has 248 valence electrons. The number of aromatic hydroxyl groups is 4. The maximum absolute atomic E-state index is 11.3. The summed E-state index contributed by atoms with van der Waals surface area (Å²) < 4.78 is 68.1. The molecule has 2 aromatic heterocycles. The van der Waals surface area contributed by atoms with Gasteiger partial charge in [0.2, 0.25) is 0 Å². The Bertz CT molecular complexity index is 2340. The molecule has 50 heavy (non-hydrogen) atoms. The first kappa shape index (κ1) is 42.0. The molecule has 0 radical (unpaired) electrons. The largest absolute Gasteiger partial charge is 1.00 e. The summed E-state index contributed by atoms with van der Waals surface area (Å²) >= 11 is 13.6. The van der Waals surface area contributed by atoms with Crippen molar-refractivity contribution >= 4 is 110 Å². The summed E-state index contributed by atoms with van der Waals surface area (Å²) in [4.78, 5) is -0.853. The Labute approximate surface area is 345 Å². The van der Waals surface area contributed by atoms with Gasteiger partial charge in [-0.05, 0) is 24.3 Å². The van der Waals surface area contributed by atoms with E-state index in [0.717, 1.165) is 22.7 Å². The molecule has 0 aliphatic rings. The summed E-state index contributed by atoms with van der Waals surface area (Å²) in [5.41, 5.74) is 0.582. The van der Waals surface area contributed by atoms with E-state index in [-0.39, 0.29) is 134 Å². The summed E-state index contributed by atoms with van der Waals surface area (Å²) in [5, 5.41) is 55.0. The molecule has 4 aromatic carbocycles. The summed E-state index contributed by atoms with van der Waals surface area (Å²) in [6.07, 6.45) is 0. The summed E-state index contributed by atoms with van der Waals surface area (Å²) in [6.45, 7) is 0. The first-order valence-electron chi connectivity index (χ1n) is 12.8. The van der Waals surface area contributed by atoms with Gasteiger partial charge in [-0.2, -0.15) is 0 Å². The molecule has 14 nitrogen and oxygen atoms in total. The van der Waals surface area contributed by atoms with Crippen LogP contribution in [-0.4, -0.2) is 46.4 Å². The molecular weight excluding hydrogens is 797 g/mol. The van der Waals surface area contributed by atoms with Crippen LogP contribution in [0.2, 0.25) is 8.67 Å². The predicted octanol–water partition coefficient (Wildman–Crippen LogP) is 2.58. The Hall–Kier alpha value is -2.40. The molecule has 6 aromatic rings. The van der Waals surface area contributed by atoms with Crippen LogP contribution in [0.3, 0.4) is 0 Å². The molecule has 4 N–H and O–H groups in total. The molecule has 0 atom stereocenters. The first-order chi connectivity index (χ1) is 22.5. The van der Waals surface area contributed by atoms with Crippen LogP contribution in [0.4, 0.5) is 22.7 Å². The van der Waals surface area contributed by atoms with Crippen LogP contribution >= 0.6 is 45.9 Å². The molecular formula is C28H16Cl2N4Na2O10S4. The number of nitrogens with zero attached hydrogens (tertiary/aromatic N) is 4. The number of phenols is 2. The number of hydrogen-bond acceptors (Lipinski definition) is 16. The maximum atomic E-state index is 11.3. The van der Waals surface area contributed by atoms with Gasteiger partial charge in [-0.25, -0.2) is 16.8 Å². The van der Waals surface area contributed by atoms with E-state index in [0.29, 0.717) is 0 Å². The van der Waals surface area contributed by atoms with Crippen molar-refractivity contribution in [3.8, 4) is 21.6 Å². The van der Waals surface area contributed by atoms with Crippen LogP contribution in [0, 0.1) is 0 Å². The van der Waals surface area contributed by atoms with Gasteiger partial charge in [-0.3, -0.25) is 0 Å². The van der Waals surface area contributed by atoms with E-state index < -0.39 is 30.0 Å². The summed E-state index contributed by atoms with van der Waals surface area (Å²) in [6, 6.07) is 16.0. The Morgan fingerprint density at radius 3 is 1.16 bits per heavy atom. The molecule has 0 fully saturated rings. The quantitative estimate of drug-likeness (QED) is 0.109. The third kappa shape index (κ3) is 9.52. The number of hydrogen-bond donors (Lipinski definition) is 4. The van der Waals surface area contributed by atoms with E-state index in [1.807, 2.05) is 0 Å². The van der Waals surface area contributed by atoms with Crippen molar-refractivity contribution in [2.24, 2.45) is 20.5 Å². The molecule has 0 unspecified atom stereocenters. The number of phenolic OH excluding ortho intramolecular Hbond substituents is 2. The Morgan fingerprint density at radius 2 is 0.860 bits per heavy atom. The summed E-state index contributed by atoms with van der Waals surface area (Å²) in [7, 11) is -9.35. The average molecular weight is 814 g/mol. The van der Waals surface area contributed by atoms with Gasteiger partial charge in [-0.15, -0.1) is 20.5 Å². The minimum Gasteiger partial charge on any atom is -0.744 e. The van der Waals surface area contributed by atoms with E-state index in [1.165, 1.54) is 72.8 Å². The minimum atomic E-state index is -4.68. The van der Waals surface area contributed by atoms with Gasteiger partial charge < -0.3 is 29.5 Å². The summed E-state index contributed by atoms with van der Waals surface area (Å²) in [5.74, 6) is -0.644. The number of fused-ring (bicyclic) bond motifs is 2. The van der Waals surface area contributed by atoms with Gasteiger partial charge in [0.25, 0.3) is 0 Å². The number of rotatable bonds is 6. The third-order valence-electron chi connectivity index (χ3n) is 6.32. The van der Waals surface area contributed by atoms with Crippen LogP contribution in [0.1, 0.15) is 0 Å². The Kier molecular flexibility index (Phi) is 14.2. The monoisotopic (exact) mass is 812 g/mol. The molecule has 6 rings (SSSR count). The topological polar surface area (TPSA) is 245 Å². The van der Waals surface area contributed by atoms with Gasteiger partial charge in [0.15, 0.2) is 21.6 Å².